The molecule has 7 nitrogen and oxygen atoms in total. The Balaban J connectivity index is 1.83. The summed E-state index contributed by atoms with van der Waals surface area (Å²) >= 11 is 0. The third kappa shape index (κ3) is 8.36. The van der Waals surface area contributed by atoms with Gasteiger partial charge in [-0.15, -0.1) is 0 Å². The number of rotatable bonds is 13. The van der Waals surface area contributed by atoms with E-state index in [1.807, 2.05) is 82.3 Å². The van der Waals surface area contributed by atoms with E-state index in [4.69, 9.17) is 0 Å². The van der Waals surface area contributed by atoms with Crippen LogP contribution in [0.5, 0.6) is 0 Å². The summed E-state index contributed by atoms with van der Waals surface area (Å²) in [6.07, 6.45) is 0.885. The summed E-state index contributed by atoms with van der Waals surface area (Å²) < 4.78 is 44.2. The van der Waals surface area contributed by atoms with E-state index in [2.05, 4.69) is 5.32 Å². The van der Waals surface area contributed by atoms with E-state index in [9.17, 15) is 18.0 Å². The third-order valence-corrected chi connectivity index (χ3v) is 9.66. The number of nitrogens with one attached hydrogen (secondary N) is 1. The van der Waals surface area contributed by atoms with Crippen LogP contribution in [0.4, 0.5) is 10.1 Å². The van der Waals surface area contributed by atoms with Crippen LogP contribution in [0.1, 0.15) is 42.5 Å². The minimum absolute atomic E-state index is 0.0482. The molecule has 4 aromatic carbocycles. The average Bonchev–Trinajstić information content (AvgIpc) is 3.03. The molecule has 0 aromatic heterocycles. The zero-order valence-electron chi connectivity index (χ0n) is 26.1. The summed E-state index contributed by atoms with van der Waals surface area (Å²) in [5.41, 5.74) is 3.14. The van der Waals surface area contributed by atoms with E-state index in [-0.39, 0.29) is 35.5 Å². The summed E-state index contributed by atoms with van der Waals surface area (Å²) in [6, 6.07) is 27.4. The number of hydrogen-bond donors (Lipinski definition) is 1. The molecule has 0 saturated heterocycles. The highest BCUT2D eigenvalue weighted by Crippen LogP contribution is 2.27. The van der Waals surface area contributed by atoms with Crippen molar-refractivity contribution in [2.24, 2.45) is 0 Å². The third-order valence-electron chi connectivity index (χ3n) is 7.88. The molecule has 0 fully saturated rings. The van der Waals surface area contributed by atoms with E-state index in [0.29, 0.717) is 6.42 Å². The van der Waals surface area contributed by atoms with E-state index in [1.54, 1.807) is 12.1 Å². The molecule has 0 aliphatic rings. The summed E-state index contributed by atoms with van der Waals surface area (Å²) in [6.45, 7) is 6.92. The molecule has 2 atom stereocenters. The molecule has 0 radical (unpaired) electrons. The summed E-state index contributed by atoms with van der Waals surface area (Å²) in [4.78, 5) is 29.7. The number of carbonyl (C=O) groups is 2. The fraction of sp³-hybridized carbons (Fsp3) is 0.278. The molecular formula is C36H40FN3O4S. The second-order valence-corrected chi connectivity index (χ2v) is 13.1. The second-order valence-electron chi connectivity index (χ2n) is 11.2. The van der Waals surface area contributed by atoms with Crippen LogP contribution in [-0.2, 0) is 32.6 Å². The number of para-hydroxylation sites is 1. The molecule has 0 bridgehead atoms. The maximum absolute atomic E-state index is 15.3. The van der Waals surface area contributed by atoms with E-state index >= 15 is 4.39 Å². The molecule has 0 saturated carbocycles. The fourth-order valence-corrected chi connectivity index (χ4v) is 6.39. The van der Waals surface area contributed by atoms with Crippen LogP contribution >= 0.6 is 0 Å². The maximum Gasteiger partial charge on any atom is 0.264 e. The lowest BCUT2D eigenvalue weighted by Gasteiger charge is -2.34. The minimum Gasteiger partial charge on any atom is -0.352 e. The molecule has 0 aliphatic carbocycles. The Labute approximate surface area is 265 Å². The highest BCUT2D eigenvalue weighted by atomic mass is 32.2. The second kappa shape index (κ2) is 15.0. The van der Waals surface area contributed by atoms with Crippen molar-refractivity contribution in [2.45, 2.75) is 64.1 Å². The van der Waals surface area contributed by atoms with Gasteiger partial charge in [0.1, 0.15) is 18.4 Å². The van der Waals surface area contributed by atoms with Gasteiger partial charge in [-0.3, -0.25) is 13.9 Å². The van der Waals surface area contributed by atoms with Crippen molar-refractivity contribution in [2.75, 3.05) is 10.8 Å². The molecular weight excluding hydrogens is 589 g/mol. The minimum atomic E-state index is -4.39. The van der Waals surface area contributed by atoms with Crippen molar-refractivity contribution in [3.05, 3.63) is 131 Å². The van der Waals surface area contributed by atoms with Gasteiger partial charge in [-0.1, -0.05) is 91.3 Å². The average molecular weight is 630 g/mol. The lowest BCUT2D eigenvalue weighted by atomic mass is 10.0. The topological polar surface area (TPSA) is 86.8 Å². The first kappa shape index (κ1) is 33.4. The van der Waals surface area contributed by atoms with Crippen LogP contribution in [0.2, 0.25) is 0 Å². The fourth-order valence-electron chi connectivity index (χ4n) is 4.97. The van der Waals surface area contributed by atoms with Gasteiger partial charge in [0.25, 0.3) is 10.0 Å². The molecule has 45 heavy (non-hydrogen) atoms. The van der Waals surface area contributed by atoms with Gasteiger partial charge in [0.2, 0.25) is 11.8 Å². The molecule has 0 unspecified atom stereocenters. The van der Waals surface area contributed by atoms with E-state index in [1.165, 1.54) is 35.2 Å². The maximum atomic E-state index is 15.3. The highest BCUT2D eigenvalue weighted by Gasteiger charge is 2.35. The number of anilines is 1. The summed E-state index contributed by atoms with van der Waals surface area (Å²) in [5, 5.41) is 3.02. The van der Waals surface area contributed by atoms with Gasteiger partial charge >= 0.3 is 0 Å². The number of aryl methyl sites for hydroxylation is 2. The largest absolute Gasteiger partial charge is 0.352 e. The Kier molecular flexibility index (Phi) is 11.1. The molecule has 0 heterocycles. The molecule has 2 amide bonds. The molecule has 4 rings (SSSR count). The number of benzene rings is 4. The molecule has 236 valence electrons. The van der Waals surface area contributed by atoms with Gasteiger partial charge in [-0.25, -0.2) is 12.8 Å². The Hall–Kier alpha value is -4.50. The van der Waals surface area contributed by atoms with Gasteiger partial charge in [-0.2, -0.15) is 0 Å². The summed E-state index contributed by atoms with van der Waals surface area (Å²) in [5.74, 6) is -1.78. The Morgan fingerprint density at radius 3 is 2.11 bits per heavy atom. The highest BCUT2D eigenvalue weighted by molar-refractivity contribution is 7.92. The number of nitrogens with zero attached hydrogens (tertiary/aromatic N) is 2. The molecule has 9 heteroatoms. The Bertz CT molecular complexity index is 1710. The number of carbonyl (C=O) groups excluding carboxylic acids is 2. The van der Waals surface area contributed by atoms with Crippen molar-refractivity contribution in [1.29, 1.82) is 0 Å². The van der Waals surface area contributed by atoms with Crippen LogP contribution in [0.15, 0.2) is 108 Å². The number of amides is 2. The van der Waals surface area contributed by atoms with Crippen LogP contribution in [0.3, 0.4) is 0 Å². The monoisotopic (exact) mass is 629 g/mol. The van der Waals surface area contributed by atoms with Crippen molar-refractivity contribution < 1.29 is 22.4 Å². The molecule has 0 aliphatic heterocycles. The normalized spacial score (nSPS) is 12.6. The van der Waals surface area contributed by atoms with E-state index < -0.39 is 34.3 Å². The van der Waals surface area contributed by atoms with E-state index in [0.717, 1.165) is 32.6 Å². The number of halogens is 1. The lowest BCUT2D eigenvalue weighted by molar-refractivity contribution is -0.140. The first-order chi connectivity index (χ1) is 21.5. The van der Waals surface area contributed by atoms with Gasteiger partial charge in [0, 0.05) is 19.0 Å². The first-order valence-corrected chi connectivity index (χ1v) is 16.5. The van der Waals surface area contributed by atoms with Crippen molar-refractivity contribution in [3.63, 3.8) is 0 Å². The molecule has 0 spiro atoms. The number of sulfonamides is 1. The van der Waals surface area contributed by atoms with Gasteiger partial charge in [0.15, 0.2) is 0 Å². The van der Waals surface area contributed by atoms with Gasteiger partial charge < -0.3 is 10.2 Å². The smallest absolute Gasteiger partial charge is 0.264 e. The van der Waals surface area contributed by atoms with Crippen molar-refractivity contribution in [1.82, 2.24) is 10.2 Å². The van der Waals surface area contributed by atoms with Gasteiger partial charge in [0.05, 0.1) is 10.6 Å². The quantitative estimate of drug-likeness (QED) is 0.191. The Morgan fingerprint density at radius 1 is 0.844 bits per heavy atom. The molecule has 1 N–H and O–H groups in total. The van der Waals surface area contributed by atoms with Gasteiger partial charge in [-0.05, 0) is 68.1 Å². The standard InChI is InChI=1S/C36H40FN3O4S/c1-5-28(4)38-36(42)34(23-29-14-7-6-8-15-29)39(24-30-16-10-9-13-27(30)3)35(41)25-40(33-18-12-11-17-32(33)37)45(43,44)31-21-19-26(2)20-22-31/h6-22,28,34H,5,23-25H2,1-4H3,(H,38,42)/t28-,34-/m0/s1. The van der Waals surface area contributed by atoms with Crippen LogP contribution in [-0.4, -0.2) is 43.8 Å². The summed E-state index contributed by atoms with van der Waals surface area (Å²) in [7, 11) is -4.39. The lowest BCUT2D eigenvalue weighted by Crippen LogP contribution is -2.54. The zero-order valence-corrected chi connectivity index (χ0v) is 26.9. The van der Waals surface area contributed by atoms with Crippen LogP contribution in [0.25, 0.3) is 0 Å². The predicted octanol–water partition coefficient (Wildman–Crippen LogP) is 6.19. The zero-order chi connectivity index (χ0) is 32.6. The number of hydrogen-bond acceptors (Lipinski definition) is 4. The van der Waals surface area contributed by atoms with Crippen LogP contribution in [0, 0.1) is 19.7 Å². The van der Waals surface area contributed by atoms with Crippen molar-refractivity contribution >= 4 is 27.5 Å². The van der Waals surface area contributed by atoms with Crippen molar-refractivity contribution in [3.8, 4) is 0 Å². The predicted molar refractivity (Wildman–Crippen MR) is 176 cm³/mol. The first-order valence-electron chi connectivity index (χ1n) is 15.0. The Morgan fingerprint density at radius 2 is 1.47 bits per heavy atom. The van der Waals surface area contributed by atoms with Crippen LogP contribution < -0.4 is 9.62 Å². The molecule has 4 aromatic rings. The SMILES string of the molecule is CC[C@H](C)NC(=O)[C@H](Cc1ccccc1)N(Cc1ccccc1C)C(=O)CN(c1ccccc1F)S(=O)(=O)c1ccc(C)cc1.